The molecule has 0 radical (unpaired) electrons. The second kappa shape index (κ2) is 5.81. The number of aryl methyl sites for hydroxylation is 1. The number of nitrogen functional groups attached to an aromatic ring is 1. The zero-order chi connectivity index (χ0) is 13.7. The van der Waals surface area contributed by atoms with Gasteiger partial charge in [0.15, 0.2) is 0 Å². The summed E-state index contributed by atoms with van der Waals surface area (Å²) in [7, 11) is -3.59. The van der Waals surface area contributed by atoms with E-state index in [0.29, 0.717) is 19.5 Å². The maximum Gasteiger partial charge on any atom is 0.244 e. The van der Waals surface area contributed by atoms with E-state index in [0.717, 1.165) is 0 Å². The molecule has 19 heavy (non-hydrogen) atoms. The van der Waals surface area contributed by atoms with Crippen molar-refractivity contribution in [1.82, 2.24) is 19.3 Å². The highest BCUT2D eigenvalue weighted by Gasteiger charge is 2.16. The van der Waals surface area contributed by atoms with Crippen molar-refractivity contribution in [3.8, 4) is 0 Å². The van der Waals surface area contributed by atoms with E-state index in [1.807, 2.05) is 10.8 Å². The first-order chi connectivity index (χ1) is 9.09. The summed E-state index contributed by atoms with van der Waals surface area (Å²) in [6.07, 6.45) is 7.31. The molecule has 2 heterocycles. The van der Waals surface area contributed by atoms with Crippen molar-refractivity contribution in [2.45, 2.75) is 17.9 Å². The lowest BCUT2D eigenvalue weighted by Gasteiger charge is -2.08. The lowest BCUT2D eigenvalue weighted by Crippen LogP contribution is -2.26. The fraction of sp³-hybridized carbons (Fsp3) is 0.273. The molecule has 102 valence electrons. The molecule has 0 saturated carbocycles. The number of sulfonamides is 1. The lowest BCUT2D eigenvalue weighted by molar-refractivity contribution is 0.570. The van der Waals surface area contributed by atoms with Crippen LogP contribution in [0.2, 0.25) is 0 Å². The van der Waals surface area contributed by atoms with Crippen LogP contribution in [0.3, 0.4) is 0 Å². The van der Waals surface area contributed by atoms with E-state index in [1.54, 1.807) is 12.5 Å². The second-order valence-electron chi connectivity index (χ2n) is 3.94. The molecule has 0 aromatic carbocycles. The normalized spacial score (nSPS) is 11.6. The minimum atomic E-state index is -3.59. The van der Waals surface area contributed by atoms with E-state index in [9.17, 15) is 8.42 Å². The van der Waals surface area contributed by atoms with E-state index in [2.05, 4.69) is 14.7 Å². The molecule has 2 aromatic rings. The second-order valence-corrected chi connectivity index (χ2v) is 5.67. The molecule has 0 fully saturated rings. The molecule has 7 nitrogen and oxygen atoms in total. The molecule has 2 aromatic heterocycles. The van der Waals surface area contributed by atoms with Gasteiger partial charge >= 0.3 is 0 Å². The highest BCUT2D eigenvalue weighted by atomic mass is 32.2. The first-order valence-corrected chi connectivity index (χ1v) is 7.24. The Bertz CT molecular complexity index is 624. The summed E-state index contributed by atoms with van der Waals surface area (Å²) in [6, 6.07) is 2.97. The van der Waals surface area contributed by atoms with E-state index < -0.39 is 10.0 Å². The Morgan fingerprint density at radius 1 is 1.37 bits per heavy atom. The molecule has 0 bridgehead atoms. The quantitative estimate of drug-likeness (QED) is 0.738. The SMILES string of the molecule is Nc1ncccc1S(=O)(=O)NCCCn1ccnc1. The van der Waals surface area contributed by atoms with Crippen LogP contribution in [0.1, 0.15) is 6.42 Å². The van der Waals surface area contributed by atoms with Crippen molar-refractivity contribution in [1.29, 1.82) is 0 Å². The first kappa shape index (κ1) is 13.5. The average molecular weight is 281 g/mol. The van der Waals surface area contributed by atoms with Gasteiger partial charge in [-0.3, -0.25) is 0 Å². The number of anilines is 1. The topological polar surface area (TPSA) is 103 Å². The van der Waals surface area contributed by atoms with Gasteiger partial charge < -0.3 is 10.3 Å². The van der Waals surface area contributed by atoms with E-state index in [-0.39, 0.29) is 10.7 Å². The number of nitrogens with zero attached hydrogens (tertiary/aromatic N) is 3. The monoisotopic (exact) mass is 281 g/mol. The minimum absolute atomic E-state index is 0.00427. The molecule has 2 rings (SSSR count). The van der Waals surface area contributed by atoms with Gasteiger partial charge in [0.1, 0.15) is 10.7 Å². The number of aromatic nitrogens is 3. The maximum absolute atomic E-state index is 12.0. The Hall–Kier alpha value is -1.93. The number of imidazole rings is 1. The largest absolute Gasteiger partial charge is 0.383 e. The highest BCUT2D eigenvalue weighted by Crippen LogP contribution is 2.13. The van der Waals surface area contributed by atoms with Crippen molar-refractivity contribution < 1.29 is 8.42 Å². The standard InChI is InChI=1S/C11H15N5O2S/c12-11-10(3-1-4-14-11)19(17,18)15-5-2-7-16-8-6-13-9-16/h1,3-4,6,8-9,15H,2,5,7H2,(H2,12,14). The number of rotatable bonds is 6. The molecule has 0 atom stereocenters. The van der Waals surface area contributed by atoms with Gasteiger partial charge in [-0.15, -0.1) is 0 Å². The summed E-state index contributed by atoms with van der Waals surface area (Å²) in [5.74, 6) is 0.00427. The molecular formula is C11H15N5O2S. The van der Waals surface area contributed by atoms with Crippen LogP contribution < -0.4 is 10.5 Å². The van der Waals surface area contributed by atoms with Gasteiger partial charge in [0, 0.05) is 31.7 Å². The van der Waals surface area contributed by atoms with Gasteiger partial charge in [0.05, 0.1) is 6.33 Å². The molecule has 0 spiro atoms. The molecule has 0 aliphatic carbocycles. The summed E-state index contributed by atoms with van der Waals surface area (Å²) in [5, 5.41) is 0. The number of hydrogen-bond acceptors (Lipinski definition) is 5. The van der Waals surface area contributed by atoms with Gasteiger partial charge in [-0.25, -0.2) is 23.1 Å². The van der Waals surface area contributed by atoms with Gasteiger partial charge in [-0.1, -0.05) is 0 Å². The third-order valence-corrected chi connectivity index (χ3v) is 4.04. The molecule has 0 amide bonds. The predicted octanol–water partition coefficient (Wildman–Crippen LogP) is 0.229. The van der Waals surface area contributed by atoms with Crippen molar-refractivity contribution in [3.63, 3.8) is 0 Å². The van der Waals surface area contributed by atoms with Gasteiger partial charge in [0.25, 0.3) is 0 Å². The Labute approximate surface area is 111 Å². The summed E-state index contributed by atoms with van der Waals surface area (Å²) < 4.78 is 28.3. The summed E-state index contributed by atoms with van der Waals surface area (Å²) in [5.41, 5.74) is 5.55. The van der Waals surface area contributed by atoms with Crippen LogP contribution in [0.4, 0.5) is 5.82 Å². The van der Waals surface area contributed by atoms with E-state index in [4.69, 9.17) is 5.73 Å². The van der Waals surface area contributed by atoms with Crippen molar-refractivity contribution in [2.24, 2.45) is 0 Å². The Balaban J connectivity index is 1.90. The summed E-state index contributed by atoms with van der Waals surface area (Å²) in [6.45, 7) is 1.03. The highest BCUT2D eigenvalue weighted by molar-refractivity contribution is 7.89. The molecule has 3 N–H and O–H groups in total. The predicted molar refractivity (Wildman–Crippen MR) is 70.7 cm³/mol. The van der Waals surface area contributed by atoms with Crippen LogP contribution in [0, 0.1) is 0 Å². The van der Waals surface area contributed by atoms with Crippen LogP contribution in [0.5, 0.6) is 0 Å². The van der Waals surface area contributed by atoms with Crippen LogP contribution in [-0.2, 0) is 16.6 Å². The zero-order valence-electron chi connectivity index (χ0n) is 10.2. The fourth-order valence-electron chi connectivity index (χ4n) is 1.59. The molecule has 8 heteroatoms. The fourth-order valence-corrected chi connectivity index (χ4v) is 2.75. The number of nitrogens with one attached hydrogen (secondary N) is 1. The van der Waals surface area contributed by atoms with Crippen molar-refractivity contribution >= 4 is 15.8 Å². The van der Waals surface area contributed by atoms with Crippen molar-refractivity contribution in [2.75, 3.05) is 12.3 Å². The van der Waals surface area contributed by atoms with Gasteiger partial charge in [-0.05, 0) is 18.6 Å². The lowest BCUT2D eigenvalue weighted by atomic mass is 10.4. The molecular weight excluding hydrogens is 266 g/mol. The molecule has 0 saturated heterocycles. The Morgan fingerprint density at radius 3 is 2.89 bits per heavy atom. The third kappa shape index (κ3) is 3.52. The average Bonchev–Trinajstić information content (AvgIpc) is 2.88. The number of hydrogen-bond donors (Lipinski definition) is 2. The van der Waals surface area contributed by atoms with Crippen LogP contribution in [-0.4, -0.2) is 29.5 Å². The van der Waals surface area contributed by atoms with Crippen LogP contribution >= 0.6 is 0 Å². The van der Waals surface area contributed by atoms with Crippen LogP contribution in [0.25, 0.3) is 0 Å². The molecule has 0 unspecified atom stereocenters. The summed E-state index contributed by atoms with van der Waals surface area (Å²) in [4.78, 5) is 7.68. The first-order valence-electron chi connectivity index (χ1n) is 5.75. The van der Waals surface area contributed by atoms with Crippen molar-refractivity contribution in [3.05, 3.63) is 37.1 Å². The van der Waals surface area contributed by atoms with Crippen LogP contribution in [0.15, 0.2) is 41.9 Å². The Morgan fingerprint density at radius 2 is 2.21 bits per heavy atom. The van der Waals surface area contributed by atoms with Gasteiger partial charge in [0.2, 0.25) is 10.0 Å². The smallest absolute Gasteiger partial charge is 0.244 e. The van der Waals surface area contributed by atoms with E-state index in [1.165, 1.54) is 18.3 Å². The molecule has 0 aliphatic rings. The minimum Gasteiger partial charge on any atom is -0.383 e. The van der Waals surface area contributed by atoms with Gasteiger partial charge in [-0.2, -0.15) is 0 Å². The molecule has 0 aliphatic heterocycles. The maximum atomic E-state index is 12.0. The zero-order valence-corrected chi connectivity index (χ0v) is 11.0. The summed E-state index contributed by atoms with van der Waals surface area (Å²) >= 11 is 0. The number of pyridine rings is 1. The Kier molecular flexibility index (Phi) is 4.13. The van der Waals surface area contributed by atoms with E-state index >= 15 is 0 Å². The third-order valence-electron chi connectivity index (χ3n) is 2.53. The number of nitrogens with two attached hydrogens (primary N) is 1.